The van der Waals surface area contributed by atoms with E-state index in [0.717, 1.165) is 18.4 Å². The molecule has 2 aromatic rings. The highest BCUT2D eigenvalue weighted by Gasteiger charge is 2.29. The lowest BCUT2D eigenvalue weighted by molar-refractivity contribution is 0.250. The van der Waals surface area contributed by atoms with Gasteiger partial charge in [-0.1, -0.05) is 18.2 Å². The minimum Gasteiger partial charge on any atom is -0.336 e. The van der Waals surface area contributed by atoms with E-state index in [1.54, 1.807) is 42.5 Å². The first-order valence-electron chi connectivity index (χ1n) is 8.66. The maximum absolute atomic E-state index is 13.0. The van der Waals surface area contributed by atoms with Crippen molar-refractivity contribution in [2.75, 3.05) is 16.2 Å². The molecule has 6 nitrogen and oxygen atoms in total. The molecule has 3 rings (SSSR count). The van der Waals surface area contributed by atoms with Gasteiger partial charge in [0.15, 0.2) is 0 Å². The molecule has 2 N–H and O–H groups in total. The van der Waals surface area contributed by atoms with E-state index in [2.05, 4.69) is 10.6 Å². The van der Waals surface area contributed by atoms with Crippen molar-refractivity contribution in [1.29, 1.82) is 0 Å². The Labute approximate surface area is 154 Å². The molecule has 0 aliphatic carbocycles. The Balaban J connectivity index is 1.88. The number of rotatable bonds is 4. The molecule has 1 aliphatic heterocycles. The van der Waals surface area contributed by atoms with E-state index >= 15 is 0 Å². The summed E-state index contributed by atoms with van der Waals surface area (Å²) >= 11 is 0. The number of nitrogens with zero attached hydrogens (tertiary/aromatic N) is 1. The highest BCUT2D eigenvalue weighted by atomic mass is 32.2. The number of sulfonamides is 1. The summed E-state index contributed by atoms with van der Waals surface area (Å²) < 4.78 is 27.4. The maximum Gasteiger partial charge on any atom is 0.319 e. The lowest BCUT2D eigenvalue weighted by atomic mass is 10.0. The lowest BCUT2D eigenvalue weighted by Gasteiger charge is -2.31. The number of carbonyl (C=O) groups excluding carboxylic acids is 1. The summed E-state index contributed by atoms with van der Waals surface area (Å²) in [6.07, 6.45) is 1.51. The first-order valence-corrected chi connectivity index (χ1v) is 10.1. The monoisotopic (exact) mass is 373 g/mol. The summed E-state index contributed by atoms with van der Waals surface area (Å²) in [7, 11) is -3.59. The van der Waals surface area contributed by atoms with Crippen LogP contribution in [0.2, 0.25) is 0 Å². The summed E-state index contributed by atoms with van der Waals surface area (Å²) in [6, 6.07) is 13.6. The zero-order chi connectivity index (χ0) is 18.7. The second-order valence-corrected chi connectivity index (χ2v) is 8.45. The van der Waals surface area contributed by atoms with Crippen molar-refractivity contribution in [3.63, 3.8) is 0 Å². The van der Waals surface area contributed by atoms with Crippen molar-refractivity contribution in [3.8, 4) is 0 Å². The van der Waals surface area contributed by atoms with Crippen LogP contribution in [0.4, 0.5) is 16.2 Å². The topological polar surface area (TPSA) is 78.5 Å². The predicted octanol–water partition coefficient (Wildman–Crippen LogP) is 3.36. The number of urea groups is 1. The molecule has 1 aliphatic rings. The van der Waals surface area contributed by atoms with Gasteiger partial charge in [-0.3, -0.25) is 4.31 Å². The molecule has 0 unspecified atom stereocenters. The van der Waals surface area contributed by atoms with Crippen molar-refractivity contribution in [2.45, 2.75) is 37.6 Å². The smallest absolute Gasteiger partial charge is 0.319 e. The van der Waals surface area contributed by atoms with Crippen molar-refractivity contribution < 1.29 is 13.2 Å². The number of fused-ring (bicyclic) bond motifs is 1. The number of benzene rings is 2. The van der Waals surface area contributed by atoms with Crippen molar-refractivity contribution in [3.05, 3.63) is 54.1 Å². The Bertz CT molecular complexity index is 896. The normalized spacial score (nSPS) is 14.0. The zero-order valence-corrected chi connectivity index (χ0v) is 15.7. The molecule has 0 aromatic heterocycles. The molecule has 0 saturated heterocycles. The number of hydrogen-bond donors (Lipinski definition) is 2. The van der Waals surface area contributed by atoms with Gasteiger partial charge in [0.2, 0.25) is 0 Å². The van der Waals surface area contributed by atoms with Gasteiger partial charge in [0.25, 0.3) is 10.0 Å². The number of amides is 2. The maximum atomic E-state index is 13.0. The van der Waals surface area contributed by atoms with Crippen LogP contribution in [0.3, 0.4) is 0 Å². The van der Waals surface area contributed by atoms with E-state index in [0.29, 0.717) is 17.9 Å². The van der Waals surface area contributed by atoms with Gasteiger partial charge >= 0.3 is 6.03 Å². The molecule has 0 bridgehead atoms. The van der Waals surface area contributed by atoms with Crippen LogP contribution < -0.4 is 14.9 Å². The lowest BCUT2D eigenvalue weighted by Crippen LogP contribution is -2.36. The zero-order valence-electron chi connectivity index (χ0n) is 14.9. The second kappa shape index (κ2) is 7.37. The van der Waals surface area contributed by atoms with Crippen LogP contribution >= 0.6 is 0 Å². The van der Waals surface area contributed by atoms with Crippen LogP contribution in [0, 0.1) is 0 Å². The van der Waals surface area contributed by atoms with E-state index in [4.69, 9.17) is 0 Å². The first-order chi connectivity index (χ1) is 12.4. The van der Waals surface area contributed by atoms with Gasteiger partial charge in [-0.2, -0.15) is 0 Å². The predicted molar refractivity (Wildman–Crippen MR) is 103 cm³/mol. The van der Waals surface area contributed by atoms with E-state index in [9.17, 15) is 13.2 Å². The Kier molecular flexibility index (Phi) is 5.18. The summed E-state index contributed by atoms with van der Waals surface area (Å²) in [5.41, 5.74) is 2.24. The minimum absolute atomic E-state index is 0.0409. The number of anilines is 2. The Morgan fingerprint density at radius 1 is 1.12 bits per heavy atom. The SMILES string of the molecule is CC(C)NC(=O)Nc1ccc2c(c1)CCCN2S(=O)(=O)c1ccccc1. The fourth-order valence-corrected chi connectivity index (χ4v) is 4.60. The molecule has 138 valence electrons. The van der Waals surface area contributed by atoms with Crippen LogP contribution in [0.1, 0.15) is 25.8 Å². The molecule has 2 amide bonds. The number of carbonyl (C=O) groups is 1. The Morgan fingerprint density at radius 2 is 1.85 bits per heavy atom. The molecular weight excluding hydrogens is 350 g/mol. The van der Waals surface area contributed by atoms with Gasteiger partial charge < -0.3 is 10.6 Å². The van der Waals surface area contributed by atoms with Crippen molar-refractivity contribution in [1.82, 2.24) is 5.32 Å². The Hall–Kier alpha value is -2.54. The van der Waals surface area contributed by atoms with Crippen LogP contribution in [0.25, 0.3) is 0 Å². The summed E-state index contributed by atoms with van der Waals surface area (Å²) in [5, 5.41) is 5.56. The average Bonchev–Trinajstić information content (AvgIpc) is 2.61. The van der Waals surface area contributed by atoms with Crippen LogP contribution in [0.15, 0.2) is 53.4 Å². The fourth-order valence-electron chi connectivity index (χ4n) is 3.04. The highest BCUT2D eigenvalue weighted by Crippen LogP contribution is 2.33. The van der Waals surface area contributed by atoms with Gasteiger partial charge in [-0.15, -0.1) is 0 Å². The molecule has 7 heteroatoms. The standard InChI is InChI=1S/C19H23N3O3S/c1-14(2)20-19(23)21-16-10-11-18-15(13-16)7-6-12-22(18)26(24,25)17-8-4-3-5-9-17/h3-5,8-11,13-14H,6-7,12H2,1-2H3,(H2,20,21,23). The molecule has 0 saturated carbocycles. The molecule has 0 spiro atoms. The highest BCUT2D eigenvalue weighted by molar-refractivity contribution is 7.92. The van der Waals surface area contributed by atoms with Gasteiger partial charge in [-0.25, -0.2) is 13.2 Å². The van der Waals surface area contributed by atoms with Crippen LogP contribution in [-0.4, -0.2) is 27.0 Å². The largest absolute Gasteiger partial charge is 0.336 e. The molecule has 1 heterocycles. The summed E-state index contributed by atoms with van der Waals surface area (Å²) in [6.45, 7) is 4.22. The minimum atomic E-state index is -3.59. The van der Waals surface area contributed by atoms with Gasteiger partial charge in [0.05, 0.1) is 10.6 Å². The van der Waals surface area contributed by atoms with Crippen LogP contribution in [-0.2, 0) is 16.4 Å². The van der Waals surface area contributed by atoms with Gasteiger partial charge in [0, 0.05) is 18.3 Å². The summed E-state index contributed by atoms with van der Waals surface area (Å²) in [4.78, 5) is 12.2. The molecule has 0 fully saturated rings. The number of nitrogens with one attached hydrogen (secondary N) is 2. The van der Waals surface area contributed by atoms with E-state index < -0.39 is 10.0 Å². The first kappa shape index (κ1) is 18.3. The van der Waals surface area contributed by atoms with E-state index in [1.807, 2.05) is 19.9 Å². The molecular formula is C19H23N3O3S. The molecule has 0 atom stereocenters. The van der Waals surface area contributed by atoms with Crippen molar-refractivity contribution >= 4 is 27.4 Å². The third-order valence-corrected chi connectivity index (χ3v) is 5.99. The Morgan fingerprint density at radius 3 is 2.54 bits per heavy atom. The van der Waals surface area contributed by atoms with E-state index in [1.165, 1.54) is 4.31 Å². The van der Waals surface area contributed by atoms with Crippen molar-refractivity contribution in [2.24, 2.45) is 0 Å². The van der Waals surface area contributed by atoms with Gasteiger partial charge in [-0.05, 0) is 62.6 Å². The second-order valence-electron chi connectivity index (χ2n) is 6.59. The third kappa shape index (κ3) is 3.83. The van der Waals surface area contributed by atoms with Crippen LogP contribution in [0.5, 0.6) is 0 Å². The average molecular weight is 373 g/mol. The summed E-state index contributed by atoms with van der Waals surface area (Å²) in [5.74, 6) is 0. The third-order valence-electron chi connectivity index (χ3n) is 4.16. The number of aryl methyl sites for hydroxylation is 1. The fraction of sp³-hybridized carbons (Fsp3) is 0.316. The molecule has 0 radical (unpaired) electrons. The quantitative estimate of drug-likeness (QED) is 0.863. The molecule has 2 aromatic carbocycles. The van der Waals surface area contributed by atoms with Gasteiger partial charge in [0.1, 0.15) is 0 Å². The molecule has 26 heavy (non-hydrogen) atoms. The van der Waals surface area contributed by atoms with E-state index in [-0.39, 0.29) is 17.0 Å². The number of hydrogen-bond acceptors (Lipinski definition) is 3.